The van der Waals surface area contributed by atoms with Crippen LogP contribution in [0, 0.1) is 65.1 Å². The second kappa shape index (κ2) is 22.1. The number of hydrogen-bond acceptors (Lipinski definition) is 14. The van der Waals surface area contributed by atoms with Crippen LogP contribution in [0.4, 0.5) is 0 Å². The van der Waals surface area contributed by atoms with Crippen LogP contribution in [0.25, 0.3) is 0 Å². The van der Waals surface area contributed by atoms with Crippen molar-refractivity contribution >= 4 is 41.6 Å². The molecule has 0 amide bonds. The molecule has 0 aromatic heterocycles. The highest BCUT2D eigenvalue weighted by atomic mass is 16.6. The average Bonchev–Trinajstić information content (AvgIpc) is 3.70. The summed E-state index contributed by atoms with van der Waals surface area (Å²) in [5, 5.41) is 10.5. The minimum absolute atomic E-state index is 0.0427. The van der Waals surface area contributed by atoms with E-state index in [0.29, 0.717) is 71.7 Å². The molecule has 0 spiro atoms. The van der Waals surface area contributed by atoms with Gasteiger partial charge >= 0.3 is 35.8 Å². The Labute approximate surface area is 426 Å². The number of ketones is 1. The van der Waals surface area contributed by atoms with Gasteiger partial charge in [-0.05, 0) is 209 Å². The molecule has 14 heteroatoms. The highest BCUT2D eigenvalue weighted by Gasteiger charge is 2.61. The van der Waals surface area contributed by atoms with E-state index in [1.54, 1.807) is 20.8 Å². The Kier molecular flexibility index (Phi) is 16.9. The fourth-order valence-electron chi connectivity index (χ4n) is 15.7. The number of esters is 6. The topological polar surface area (TPSA) is 195 Å². The van der Waals surface area contributed by atoms with Crippen molar-refractivity contribution in [2.45, 2.75) is 186 Å². The summed E-state index contributed by atoms with van der Waals surface area (Å²) in [6.45, 7) is 24.6. The molecule has 0 aromatic carbocycles. The van der Waals surface area contributed by atoms with Crippen LogP contribution in [0.2, 0.25) is 0 Å². The van der Waals surface area contributed by atoms with E-state index < -0.39 is 47.9 Å². The lowest BCUT2D eigenvalue weighted by atomic mass is 9.49. The van der Waals surface area contributed by atoms with Crippen LogP contribution < -0.4 is 0 Å². The van der Waals surface area contributed by atoms with Crippen LogP contribution in [0.1, 0.15) is 164 Å². The van der Waals surface area contributed by atoms with Gasteiger partial charge in [-0.15, -0.1) is 0 Å². The van der Waals surface area contributed by atoms with Crippen LogP contribution in [-0.2, 0) is 62.0 Å². The molecule has 12 bridgehead atoms. The Hall–Kier alpha value is -4.59. The molecule has 0 radical (unpaired) electrons. The number of hydrogen-bond donors (Lipinski definition) is 1. The molecular weight excluding hydrogens is 921 g/mol. The number of aliphatic hydroxyl groups is 1. The second-order valence-electron chi connectivity index (χ2n) is 24.4. The van der Waals surface area contributed by atoms with Gasteiger partial charge in [-0.2, -0.15) is 0 Å². The molecule has 0 aromatic rings. The van der Waals surface area contributed by atoms with E-state index in [1.165, 1.54) is 51.9 Å². The first-order chi connectivity index (χ1) is 33.8. The summed E-state index contributed by atoms with van der Waals surface area (Å²) < 4.78 is 31.7. The molecule has 14 nitrogen and oxygen atoms in total. The van der Waals surface area contributed by atoms with Crippen molar-refractivity contribution in [2.24, 2.45) is 65.1 Å². The molecule has 1 N–H and O–H groups in total. The van der Waals surface area contributed by atoms with Crippen molar-refractivity contribution in [1.29, 1.82) is 0 Å². The molecule has 12 saturated carbocycles. The van der Waals surface area contributed by atoms with Crippen LogP contribution in [0.5, 0.6) is 0 Å². The Balaban J connectivity index is 0.000000145. The Bertz CT molecular complexity index is 2110. The quantitative estimate of drug-likeness (QED) is 0.0982. The van der Waals surface area contributed by atoms with Gasteiger partial charge in [0.1, 0.15) is 16.8 Å². The molecule has 398 valence electrons. The largest absolute Gasteiger partial charge is 0.465 e. The number of cyclic esters (lactones) is 1. The normalized spacial score (nSPS) is 38.2. The number of carbonyl (C=O) groups is 7. The van der Waals surface area contributed by atoms with Gasteiger partial charge in [-0.25, -0.2) is 24.0 Å². The summed E-state index contributed by atoms with van der Waals surface area (Å²) in [6.07, 6.45) is 19.8. The number of Topliss-reactive ketones (excluding diaryl/α,β-unsaturated/α-hetero) is 1. The lowest BCUT2D eigenvalue weighted by Crippen LogP contribution is -2.60. The molecule has 13 fully saturated rings. The fraction of sp³-hybridized carbons (Fsp3) is 0.741. The molecule has 3 unspecified atom stereocenters. The van der Waals surface area contributed by atoms with E-state index in [9.17, 15) is 38.7 Å². The molecule has 13 aliphatic rings. The molecule has 1 saturated heterocycles. The van der Waals surface area contributed by atoms with Crippen LogP contribution in [-0.4, -0.2) is 88.9 Å². The number of rotatable bonds is 14. The van der Waals surface area contributed by atoms with Gasteiger partial charge in [0.05, 0.1) is 18.1 Å². The van der Waals surface area contributed by atoms with E-state index in [1.807, 2.05) is 6.92 Å². The molecular formula is C58H82O14. The van der Waals surface area contributed by atoms with Gasteiger partial charge < -0.3 is 33.5 Å². The van der Waals surface area contributed by atoms with Gasteiger partial charge in [0, 0.05) is 29.6 Å². The average molecular weight is 1000 g/mol. The predicted octanol–water partition coefficient (Wildman–Crippen LogP) is 9.39. The first-order valence-corrected chi connectivity index (χ1v) is 26.9. The second-order valence-corrected chi connectivity index (χ2v) is 24.4. The minimum Gasteiger partial charge on any atom is -0.465 e. The third-order valence-corrected chi connectivity index (χ3v) is 18.4. The summed E-state index contributed by atoms with van der Waals surface area (Å²) in [5.41, 5.74) is 0.127. The van der Waals surface area contributed by atoms with Crippen molar-refractivity contribution in [3.05, 3.63) is 48.6 Å². The van der Waals surface area contributed by atoms with E-state index >= 15 is 0 Å². The third kappa shape index (κ3) is 12.5. The van der Waals surface area contributed by atoms with E-state index in [4.69, 9.17) is 23.7 Å². The predicted molar refractivity (Wildman–Crippen MR) is 266 cm³/mol. The van der Waals surface area contributed by atoms with Gasteiger partial charge in [-0.3, -0.25) is 9.59 Å². The molecule has 12 aliphatic carbocycles. The van der Waals surface area contributed by atoms with Gasteiger partial charge in [0.2, 0.25) is 0 Å². The number of allylic oxidation sites excluding steroid dienone is 1. The van der Waals surface area contributed by atoms with Crippen molar-refractivity contribution in [3.63, 3.8) is 0 Å². The van der Waals surface area contributed by atoms with Crippen molar-refractivity contribution < 1.29 is 67.1 Å². The van der Waals surface area contributed by atoms with E-state index in [2.05, 4.69) is 38.0 Å². The van der Waals surface area contributed by atoms with Crippen LogP contribution in [0.3, 0.4) is 0 Å². The van der Waals surface area contributed by atoms with E-state index in [-0.39, 0.29) is 47.2 Å². The molecule has 1 heterocycles. The Morgan fingerprint density at radius 1 is 0.583 bits per heavy atom. The Morgan fingerprint density at radius 3 is 1.47 bits per heavy atom. The molecule has 13 rings (SSSR count). The zero-order valence-corrected chi connectivity index (χ0v) is 44.0. The number of carbonyl (C=O) groups excluding carboxylic acids is 7. The van der Waals surface area contributed by atoms with Crippen molar-refractivity contribution in [3.8, 4) is 0 Å². The lowest BCUT2D eigenvalue weighted by Gasteiger charge is -2.60. The summed E-state index contributed by atoms with van der Waals surface area (Å²) in [4.78, 5) is 80.7. The standard InChI is InChI=1S/C19H26O6.C16H24O2.C14H20O3.C9H12O3/c1-11(2)18(22)24-9-16(20)23-10-17(21)25-19(3)14-5-12-4-13(7-14)8-15(19)6-12;1-4-16(18-15(17)10(2)3)13-6-11-5-12(8-13)9-14(16)7-11;1-9(2)12(15)17-14-6-10-3-11(7-14)5-13(16,4-10)8-14;1-6(2)8(10)5-7-3-4-12-9(7)11/h12-15H,1,4-10H2,2-3H3;11-14H,2,4-9H2,1,3H3;10-11,16H,1,3-8H2,2H3;7H,1,3-5H2,2H3. The van der Waals surface area contributed by atoms with Crippen molar-refractivity contribution in [1.82, 2.24) is 0 Å². The number of ether oxygens (including phenoxy) is 6. The van der Waals surface area contributed by atoms with E-state index in [0.717, 1.165) is 81.5 Å². The third-order valence-electron chi connectivity index (χ3n) is 18.4. The summed E-state index contributed by atoms with van der Waals surface area (Å²) in [5.74, 6) is 3.58. The maximum atomic E-state index is 12.2. The first kappa shape index (κ1) is 55.2. The first-order valence-electron chi connectivity index (χ1n) is 26.9. The summed E-state index contributed by atoms with van der Waals surface area (Å²) in [6, 6.07) is 0. The monoisotopic (exact) mass is 1000 g/mol. The van der Waals surface area contributed by atoms with Crippen LogP contribution in [0.15, 0.2) is 48.6 Å². The highest BCUT2D eigenvalue weighted by molar-refractivity contribution is 5.96. The zero-order chi connectivity index (χ0) is 52.5. The summed E-state index contributed by atoms with van der Waals surface area (Å²) >= 11 is 0. The SMILES string of the molecule is C=C(C)C(=O)CC1CCOC1=O.C=C(C)C(=O)OC1(CC)C2CC3CC(C2)CC1C3.C=C(C)C(=O)OC12CC3CC(CC(O)(C3)C1)C2.C=C(C)C(=O)OCC(=O)OCC(=O)OC1(C)C2CC3CC(C2)CC1C3. The minimum atomic E-state index is -0.776. The maximum absolute atomic E-state index is 12.2. The highest BCUT2D eigenvalue weighted by Crippen LogP contribution is 2.62. The fourth-order valence-corrected chi connectivity index (χ4v) is 15.7. The summed E-state index contributed by atoms with van der Waals surface area (Å²) in [7, 11) is 0. The van der Waals surface area contributed by atoms with Gasteiger partial charge in [0.25, 0.3) is 0 Å². The lowest BCUT2D eigenvalue weighted by molar-refractivity contribution is -0.217. The van der Waals surface area contributed by atoms with Crippen molar-refractivity contribution in [2.75, 3.05) is 19.8 Å². The van der Waals surface area contributed by atoms with Gasteiger partial charge in [0.15, 0.2) is 19.0 Å². The maximum Gasteiger partial charge on any atom is 0.344 e. The smallest absolute Gasteiger partial charge is 0.344 e. The zero-order valence-electron chi connectivity index (χ0n) is 44.0. The Morgan fingerprint density at radius 2 is 1.04 bits per heavy atom. The molecule has 72 heavy (non-hydrogen) atoms. The van der Waals surface area contributed by atoms with Gasteiger partial charge in [-0.1, -0.05) is 33.2 Å². The molecule has 3 atom stereocenters. The van der Waals surface area contributed by atoms with Crippen LogP contribution >= 0.6 is 0 Å². The molecule has 1 aliphatic heterocycles.